The van der Waals surface area contributed by atoms with Crippen molar-refractivity contribution in [1.82, 2.24) is 0 Å². The number of hydrogen-bond acceptors (Lipinski definition) is 4. The first kappa shape index (κ1) is 16.8. The number of carbonyl (C=O) groups excluding carboxylic acids is 1. The number of benzene rings is 2. The summed E-state index contributed by atoms with van der Waals surface area (Å²) in [6.07, 6.45) is 1.68. The van der Waals surface area contributed by atoms with E-state index in [9.17, 15) is 10.1 Å². The van der Waals surface area contributed by atoms with Gasteiger partial charge >= 0.3 is 5.97 Å². The van der Waals surface area contributed by atoms with Crippen LogP contribution in [0.15, 0.2) is 60.2 Å². The molecule has 1 aliphatic rings. The molecule has 3 rings (SSSR count). The van der Waals surface area contributed by atoms with Crippen molar-refractivity contribution < 1.29 is 14.3 Å². The van der Waals surface area contributed by atoms with Crippen LogP contribution in [0.3, 0.4) is 0 Å². The highest BCUT2D eigenvalue weighted by molar-refractivity contribution is 6.30. The summed E-state index contributed by atoms with van der Waals surface area (Å²) >= 11 is 5.94. The van der Waals surface area contributed by atoms with E-state index >= 15 is 0 Å². The Balaban J connectivity index is 2.18. The number of para-hydroxylation sites is 1. The second kappa shape index (κ2) is 7.25. The predicted molar refractivity (Wildman–Crippen MR) is 95.7 cm³/mol. The summed E-state index contributed by atoms with van der Waals surface area (Å²) < 4.78 is 11.0. The monoisotopic (exact) mass is 351 g/mol. The summed E-state index contributed by atoms with van der Waals surface area (Å²) in [6, 6.07) is 16.3. The summed E-state index contributed by atoms with van der Waals surface area (Å²) in [7, 11) is 0. The number of nitriles is 1. The number of nitrogens with zero attached hydrogens (tertiary/aromatic N) is 1. The molecule has 124 valence electrons. The molecule has 0 spiro atoms. The van der Waals surface area contributed by atoms with Gasteiger partial charge in [0, 0.05) is 21.7 Å². The number of halogens is 1. The first-order valence-electron chi connectivity index (χ1n) is 7.70. The fourth-order valence-corrected chi connectivity index (χ4v) is 2.64. The molecule has 2 aromatic carbocycles. The minimum Gasteiger partial charge on any atom is -0.462 e. The molecule has 1 heterocycles. The summed E-state index contributed by atoms with van der Waals surface area (Å²) in [5.74, 6) is 0.452. The van der Waals surface area contributed by atoms with Gasteiger partial charge in [0.05, 0.1) is 6.61 Å². The van der Waals surface area contributed by atoms with Crippen molar-refractivity contribution in [2.45, 2.75) is 6.92 Å². The number of fused-ring (bicyclic) bond motifs is 1. The third-order valence-electron chi connectivity index (χ3n) is 3.66. The summed E-state index contributed by atoms with van der Waals surface area (Å²) in [4.78, 5) is 12.2. The van der Waals surface area contributed by atoms with Crippen molar-refractivity contribution in [2.75, 3.05) is 6.61 Å². The molecule has 0 saturated carbocycles. The number of hydrogen-bond donors (Lipinski definition) is 0. The van der Waals surface area contributed by atoms with Gasteiger partial charge in [-0.25, -0.2) is 4.79 Å². The van der Waals surface area contributed by atoms with E-state index in [-0.39, 0.29) is 12.2 Å². The highest BCUT2D eigenvalue weighted by Gasteiger charge is 2.24. The van der Waals surface area contributed by atoms with Crippen LogP contribution in [-0.2, 0) is 9.53 Å². The number of rotatable bonds is 3. The van der Waals surface area contributed by atoms with Gasteiger partial charge in [0.1, 0.15) is 23.2 Å². The van der Waals surface area contributed by atoms with E-state index in [0.717, 1.165) is 5.56 Å². The molecular weight excluding hydrogens is 338 g/mol. The topological polar surface area (TPSA) is 59.3 Å². The van der Waals surface area contributed by atoms with Gasteiger partial charge in [-0.05, 0) is 43.3 Å². The molecule has 4 nitrogen and oxygen atoms in total. The maximum absolute atomic E-state index is 12.2. The fourth-order valence-electron chi connectivity index (χ4n) is 2.52. The van der Waals surface area contributed by atoms with Gasteiger partial charge in [-0.15, -0.1) is 0 Å². The number of carbonyl (C=O) groups is 1. The maximum atomic E-state index is 12.2. The van der Waals surface area contributed by atoms with Gasteiger partial charge in [0.25, 0.3) is 0 Å². The van der Waals surface area contributed by atoms with Crippen molar-refractivity contribution in [1.29, 1.82) is 5.26 Å². The van der Waals surface area contributed by atoms with Crippen molar-refractivity contribution in [3.63, 3.8) is 0 Å². The van der Waals surface area contributed by atoms with E-state index in [4.69, 9.17) is 21.1 Å². The molecule has 0 amide bonds. The third kappa shape index (κ3) is 3.42. The molecule has 1 aliphatic heterocycles. The van der Waals surface area contributed by atoms with Crippen LogP contribution in [-0.4, -0.2) is 12.6 Å². The van der Waals surface area contributed by atoms with Crippen LogP contribution in [0.1, 0.15) is 18.1 Å². The lowest BCUT2D eigenvalue weighted by molar-refractivity contribution is -0.137. The molecule has 0 fully saturated rings. The SMILES string of the molecule is CCOC(=O)C(C#N)=C1C=C(c2ccc(Cl)cc2)Oc2ccccc21. The quantitative estimate of drug-likeness (QED) is 0.460. The normalized spacial score (nSPS) is 14.5. The van der Waals surface area contributed by atoms with Crippen LogP contribution < -0.4 is 4.74 Å². The summed E-state index contributed by atoms with van der Waals surface area (Å²) in [5.41, 5.74) is 1.89. The van der Waals surface area contributed by atoms with Crippen LogP contribution in [0, 0.1) is 11.3 Å². The second-order valence-corrected chi connectivity index (χ2v) is 5.67. The van der Waals surface area contributed by atoms with E-state index in [2.05, 4.69) is 0 Å². The number of allylic oxidation sites excluding steroid dienone is 2. The van der Waals surface area contributed by atoms with E-state index in [0.29, 0.717) is 27.7 Å². The lowest BCUT2D eigenvalue weighted by atomic mass is 9.95. The molecule has 2 aromatic rings. The van der Waals surface area contributed by atoms with Gasteiger partial charge < -0.3 is 9.47 Å². The molecule has 0 aliphatic carbocycles. The van der Waals surface area contributed by atoms with Crippen molar-refractivity contribution in [3.8, 4) is 11.8 Å². The highest BCUT2D eigenvalue weighted by atomic mass is 35.5. The zero-order chi connectivity index (χ0) is 17.8. The Hall–Kier alpha value is -3.03. The van der Waals surface area contributed by atoms with E-state index in [1.54, 1.807) is 37.3 Å². The molecule has 0 unspecified atom stereocenters. The maximum Gasteiger partial charge on any atom is 0.349 e. The Morgan fingerprint density at radius 3 is 2.60 bits per heavy atom. The van der Waals surface area contributed by atoms with Crippen LogP contribution in [0.5, 0.6) is 5.75 Å². The number of ether oxygens (including phenoxy) is 2. The van der Waals surface area contributed by atoms with Gasteiger partial charge in [0.15, 0.2) is 0 Å². The largest absolute Gasteiger partial charge is 0.462 e. The standard InChI is InChI=1S/C20H14ClNO3/c1-2-24-20(23)17(12-22)16-11-19(13-7-9-14(21)10-8-13)25-18-6-4-3-5-15(16)18/h3-11H,2H2,1H3. The van der Waals surface area contributed by atoms with Crippen molar-refractivity contribution >= 4 is 28.9 Å². The Morgan fingerprint density at radius 1 is 1.20 bits per heavy atom. The third-order valence-corrected chi connectivity index (χ3v) is 3.91. The minimum absolute atomic E-state index is 0.0518. The average Bonchev–Trinajstić information content (AvgIpc) is 2.63. The molecule has 0 N–H and O–H groups in total. The summed E-state index contributed by atoms with van der Waals surface area (Å²) in [6.45, 7) is 1.90. The fraction of sp³-hybridized carbons (Fsp3) is 0.100. The molecule has 0 atom stereocenters. The molecule has 0 saturated heterocycles. The van der Waals surface area contributed by atoms with E-state index < -0.39 is 5.97 Å². The van der Waals surface area contributed by atoms with Gasteiger partial charge in [-0.1, -0.05) is 29.8 Å². The van der Waals surface area contributed by atoms with Crippen molar-refractivity contribution in [2.24, 2.45) is 0 Å². The Kier molecular flexibility index (Phi) is 4.87. The van der Waals surface area contributed by atoms with Gasteiger partial charge in [-0.3, -0.25) is 0 Å². The van der Waals surface area contributed by atoms with Crippen LogP contribution in [0.4, 0.5) is 0 Å². The number of esters is 1. The molecule has 25 heavy (non-hydrogen) atoms. The molecule has 0 radical (unpaired) electrons. The van der Waals surface area contributed by atoms with Gasteiger partial charge in [0.2, 0.25) is 0 Å². The molecule has 5 heteroatoms. The minimum atomic E-state index is -0.650. The molecule has 0 bridgehead atoms. The smallest absolute Gasteiger partial charge is 0.349 e. The molecular formula is C20H14ClNO3. The van der Waals surface area contributed by atoms with Crippen LogP contribution in [0.25, 0.3) is 11.3 Å². The van der Waals surface area contributed by atoms with Crippen molar-refractivity contribution in [3.05, 3.63) is 76.3 Å². The van der Waals surface area contributed by atoms with Crippen LogP contribution >= 0.6 is 11.6 Å². The Bertz CT molecular complexity index is 921. The Morgan fingerprint density at radius 2 is 1.92 bits per heavy atom. The predicted octanol–water partition coefficient (Wildman–Crippen LogP) is 4.61. The lowest BCUT2D eigenvalue weighted by Gasteiger charge is -2.21. The highest BCUT2D eigenvalue weighted by Crippen LogP contribution is 2.38. The Labute approximate surface area is 150 Å². The van der Waals surface area contributed by atoms with E-state index in [1.165, 1.54) is 0 Å². The first-order chi connectivity index (χ1) is 12.1. The second-order valence-electron chi connectivity index (χ2n) is 5.23. The van der Waals surface area contributed by atoms with Crippen LogP contribution in [0.2, 0.25) is 5.02 Å². The zero-order valence-electron chi connectivity index (χ0n) is 13.5. The lowest BCUT2D eigenvalue weighted by Crippen LogP contribution is -2.11. The molecule has 0 aromatic heterocycles. The zero-order valence-corrected chi connectivity index (χ0v) is 14.2. The first-order valence-corrected chi connectivity index (χ1v) is 8.08. The average molecular weight is 352 g/mol. The summed E-state index contributed by atoms with van der Waals surface area (Å²) in [5, 5.41) is 10.1. The van der Waals surface area contributed by atoms with Gasteiger partial charge in [-0.2, -0.15) is 5.26 Å². The van der Waals surface area contributed by atoms with E-state index in [1.807, 2.05) is 30.3 Å².